The van der Waals surface area contributed by atoms with Gasteiger partial charge in [-0.2, -0.15) is 0 Å². The number of para-hydroxylation sites is 1. The maximum atomic E-state index is 13.3. The van der Waals surface area contributed by atoms with Crippen molar-refractivity contribution in [3.63, 3.8) is 0 Å². The van der Waals surface area contributed by atoms with Gasteiger partial charge in [-0.15, -0.1) is 6.58 Å². The molecule has 0 fully saturated rings. The summed E-state index contributed by atoms with van der Waals surface area (Å²) in [5.74, 6) is -2.46. The van der Waals surface area contributed by atoms with Crippen molar-refractivity contribution in [3.05, 3.63) is 72.1 Å². The molecule has 2 aromatic rings. The fraction of sp³-hybridized carbons (Fsp3) is 0.150. The lowest BCUT2D eigenvalue weighted by atomic mass is 10.2. The number of anilines is 1. The van der Waals surface area contributed by atoms with Gasteiger partial charge in [0, 0.05) is 6.54 Å². The van der Waals surface area contributed by atoms with Gasteiger partial charge in [-0.3, -0.25) is 14.8 Å². The molecule has 0 saturated carbocycles. The van der Waals surface area contributed by atoms with Gasteiger partial charge in [0.25, 0.3) is 15.9 Å². The number of carbonyl (C=O) groups is 3. The van der Waals surface area contributed by atoms with E-state index in [0.29, 0.717) is 0 Å². The van der Waals surface area contributed by atoms with E-state index in [-0.39, 0.29) is 28.3 Å². The first-order valence-corrected chi connectivity index (χ1v) is 10.4. The molecule has 3 amide bonds. The summed E-state index contributed by atoms with van der Waals surface area (Å²) in [6.07, 6.45) is 1.41. The SMILES string of the molecule is C=CCNC(=O)NC(=O)COC(=O)c1ccccc1NS(=O)(=O)c1ccc(F)cc1C. The fourth-order valence-corrected chi connectivity index (χ4v) is 3.75. The van der Waals surface area contributed by atoms with Crippen molar-refractivity contribution in [1.82, 2.24) is 10.6 Å². The summed E-state index contributed by atoms with van der Waals surface area (Å²) >= 11 is 0. The predicted molar refractivity (Wildman–Crippen MR) is 110 cm³/mol. The molecule has 31 heavy (non-hydrogen) atoms. The van der Waals surface area contributed by atoms with E-state index in [0.717, 1.165) is 18.2 Å². The Morgan fingerprint density at radius 2 is 1.87 bits per heavy atom. The zero-order valence-corrected chi connectivity index (χ0v) is 17.3. The van der Waals surface area contributed by atoms with Crippen LogP contribution in [-0.2, 0) is 19.6 Å². The number of aryl methyl sites for hydroxylation is 1. The lowest BCUT2D eigenvalue weighted by molar-refractivity contribution is -0.123. The number of esters is 1. The first-order chi connectivity index (χ1) is 14.6. The predicted octanol–water partition coefficient (Wildman–Crippen LogP) is 2.10. The summed E-state index contributed by atoms with van der Waals surface area (Å²) in [6, 6.07) is 7.98. The molecule has 0 aliphatic carbocycles. The summed E-state index contributed by atoms with van der Waals surface area (Å²) in [5.41, 5.74) is -0.0749. The number of benzene rings is 2. The van der Waals surface area contributed by atoms with Crippen LogP contribution in [0.3, 0.4) is 0 Å². The van der Waals surface area contributed by atoms with Gasteiger partial charge in [0.05, 0.1) is 16.1 Å². The zero-order valence-electron chi connectivity index (χ0n) is 16.5. The molecule has 2 aromatic carbocycles. The van der Waals surface area contributed by atoms with Crippen LogP contribution in [0.5, 0.6) is 0 Å². The first kappa shape index (κ1) is 23.5. The van der Waals surface area contributed by atoms with Gasteiger partial charge in [0.1, 0.15) is 5.82 Å². The molecular formula is C20H20FN3O6S. The average Bonchev–Trinajstić information content (AvgIpc) is 2.70. The van der Waals surface area contributed by atoms with Crippen LogP contribution in [0, 0.1) is 12.7 Å². The number of urea groups is 1. The Labute approximate surface area is 178 Å². The van der Waals surface area contributed by atoms with E-state index in [9.17, 15) is 27.2 Å². The largest absolute Gasteiger partial charge is 0.452 e. The standard InChI is InChI=1S/C20H20FN3O6S/c1-3-10-22-20(27)23-18(25)12-30-19(26)15-6-4-5-7-16(15)24-31(28,29)17-9-8-14(21)11-13(17)2/h3-9,11,24H,1,10,12H2,2H3,(H2,22,23,25,27). The van der Waals surface area contributed by atoms with E-state index in [1.807, 2.05) is 5.32 Å². The number of carbonyl (C=O) groups excluding carboxylic acids is 3. The lowest BCUT2D eigenvalue weighted by Gasteiger charge is -2.13. The quantitative estimate of drug-likeness (QED) is 0.418. The van der Waals surface area contributed by atoms with E-state index in [1.165, 1.54) is 37.3 Å². The summed E-state index contributed by atoms with van der Waals surface area (Å²) < 4.78 is 45.8. The minimum absolute atomic E-state index is 0.0969. The number of ether oxygens (including phenoxy) is 1. The molecule has 0 saturated heterocycles. The molecule has 2 rings (SSSR count). The highest BCUT2D eigenvalue weighted by atomic mass is 32.2. The van der Waals surface area contributed by atoms with Crippen molar-refractivity contribution < 1.29 is 31.9 Å². The number of hydrogen-bond donors (Lipinski definition) is 3. The molecule has 0 aliphatic rings. The third-order valence-corrected chi connectivity index (χ3v) is 5.34. The third kappa shape index (κ3) is 6.64. The minimum Gasteiger partial charge on any atom is -0.452 e. The normalized spacial score (nSPS) is 10.6. The number of sulfonamides is 1. The Balaban J connectivity index is 2.11. The van der Waals surface area contributed by atoms with Crippen molar-refractivity contribution in [2.24, 2.45) is 0 Å². The second-order valence-electron chi connectivity index (χ2n) is 6.18. The summed E-state index contributed by atoms with van der Waals surface area (Å²) in [6.45, 7) is 4.21. The van der Waals surface area contributed by atoms with Crippen molar-refractivity contribution in [2.45, 2.75) is 11.8 Å². The van der Waals surface area contributed by atoms with Crippen molar-refractivity contribution >= 4 is 33.6 Å². The molecular weight excluding hydrogens is 429 g/mol. The molecule has 0 atom stereocenters. The Hall–Kier alpha value is -3.73. The third-order valence-electron chi connectivity index (χ3n) is 3.81. The molecule has 0 aliphatic heterocycles. The average molecular weight is 449 g/mol. The maximum absolute atomic E-state index is 13.3. The minimum atomic E-state index is -4.14. The number of imide groups is 1. The Kier molecular flexibility index (Phi) is 7.86. The summed E-state index contributed by atoms with van der Waals surface area (Å²) in [7, 11) is -4.14. The fourth-order valence-electron chi connectivity index (χ4n) is 2.44. The van der Waals surface area contributed by atoms with E-state index in [1.54, 1.807) is 0 Å². The van der Waals surface area contributed by atoms with Gasteiger partial charge in [-0.1, -0.05) is 18.2 Å². The monoisotopic (exact) mass is 449 g/mol. The molecule has 0 radical (unpaired) electrons. The van der Waals surface area contributed by atoms with Crippen LogP contribution in [0.15, 0.2) is 60.0 Å². The molecule has 0 heterocycles. The van der Waals surface area contributed by atoms with E-state index < -0.39 is 40.4 Å². The maximum Gasteiger partial charge on any atom is 0.340 e. The highest BCUT2D eigenvalue weighted by Gasteiger charge is 2.22. The summed E-state index contributed by atoms with van der Waals surface area (Å²) in [5, 5.41) is 4.26. The number of rotatable bonds is 8. The van der Waals surface area contributed by atoms with Crippen molar-refractivity contribution in [2.75, 3.05) is 17.9 Å². The van der Waals surface area contributed by atoms with Crippen LogP contribution in [0.25, 0.3) is 0 Å². The van der Waals surface area contributed by atoms with Gasteiger partial charge in [0.2, 0.25) is 0 Å². The van der Waals surface area contributed by atoms with Crippen LogP contribution >= 0.6 is 0 Å². The van der Waals surface area contributed by atoms with Gasteiger partial charge < -0.3 is 10.1 Å². The molecule has 164 valence electrons. The lowest BCUT2D eigenvalue weighted by Crippen LogP contribution is -2.41. The van der Waals surface area contributed by atoms with Crippen LogP contribution in [0.1, 0.15) is 15.9 Å². The molecule has 3 N–H and O–H groups in total. The van der Waals surface area contributed by atoms with Crippen LogP contribution in [0.4, 0.5) is 14.9 Å². The number of nitrogens with one attached hydrogen (secondary N) is 3. The number of hydrogen-bond acceptors (Lipinski definition) is 6. The highest BCUT2D eigenvalue weighted by Crippen LogP contribution is 2.23. The Morgan fingerprint density at radius 1 is 1.16 bits per heavy atom. The van der Waals surface area contributed by atoms with Crippen LogP contribution in [-0.4, -0.2) is 39.5 Å². The van der Waals surface area contributed by atoms with Gasteiger partial charge in [-0.05, 0) is 42.8 Å². The second-order valence-corrected chi connectivity index (χ2v) is 7.83. The Morgan fingerprint density at radius 3 is 2.55 bits per heavy atom. The van der Waals surface area contributed by atoms with E-state index in [4.69, 9.17) is 4.74 Å². The molecule has 0 bridgehead atoms. The topological polar surface area (TPSA) is 131 Å². The van der Waals surface area contributed by atoms with E-state index >= 15 is 0 Å². The number of halogens is 1. The van der Waals surface area contributed by atoms with Crippen LogP contribution in [0.2, 0.25) is 0 Å². The molecule has 11 heteroatoms. The molecule has 9 nitrogen and oxygen atoms in total. The second kappa shape index (κ2) is 10.3. The van der Waals surface area contributed by atoms with E-state index in [2.05, 4.69) is 16.6 Å². The highest BCUT2D eigenvalue weighted by molar-refractivity contribution is 7.92. The Bertz CT molecular complexity index is 1120. The van der Waals surface area contributed by atoms with Crippen molar-refractivity contribution in [1.29, 1.82) is 0 Å². The molecule has 0 aromatic heterocycles. The van der Waals surface area contributed by atoms with Gasteiger partial charge in [0.15, 0.2) is 6.61 Å². The van der Waals surface area contributed by atoms with Crippen molar-refractivity contribution in [3.8, 4) is 0 Å². The summed E-state index contributed by atoms with van der Waals surface area (Å²) in [4.78, 5) is 35.3. The zero-order chi connectivity index (χ0) is 23.0. The smallest absolute Gasteiger partial charge is 0.340 e. The number of amides is 3. The molecule has 0 unspecified atom stereocenters. The van der Waals surface area contributed by atoms with Crippen LogP contribution < -0.4 is 15.4 Å². The molecule has 0 spiro atoms. The van der Waals surface area contributed by atoms with Gasteiger partial charge in [-0.25, -0.2) is 22.4 Å². The first-order valence-electron chi connectivity index (χ1n) is 8.87. The van der Waals surface area contributed by atoms with Gasteiger partial charge >= 0.3 is 12.0 Å².